The number of rotatable bonds is 6. The maximum absolute atomic E-state index is 13.3. The molecule has 0 spiro atoms. The normalized spacial score (nSPS) is 12.6. The van der Waals surface area contributed by atoms with Crippen molar-refractivity contribution in [2.24, 2.45) is 7.05 Å². The first-order chi connectivity index (χ1) is 10.0. The zero-order valence-corrected chi connectivity index (χ0v) is 13.4. The summed E-state index contributed by atoms with van der Waals surface area (Å²) in [5.74, 6) is -0.380. The molecule has 21 heavy (non-hydrogen) atoms. The molecule has 1 aromatic carbocycles. The quantitative estimate of drug-likeness (QED) is 0.879. The number of hydrogen-bond donors (Lipinski definition) is 1. The molecule has 0 saturated heterocycles. The van der Waals surface area contributed by atoms with E-state index in [1.807, 2.05) is 18.7 Å². The Labute approximate surface area is 130 Å². The first-order valence-corrected chi connectivity index (χ1v) is 7.57. The second-order valence-electron chi connectivity index (χ2n) is 5.29. The van der Waals surface area contributed by atoms with E-state index in [1.54, 1.807) is 12.1 Å². The number of aryl methyl sites for hydroxylation is 2. The topological polar surface area (TPSA) is 29.9 Å². The van der Waals surface area contributed by atoms with Crippen molar-refractivity contribution in [2.75, 3.05) is 6.54 Å². The Morgan fingerprint density at radius 2 is 2.14 bits per heavy atom. The molecule has 0 bridgehead atoms. The largest absolute Gasteiger partial charge is 0.308 e. The summed E-state index contributed by atoms with van der Waals surface area (Å²) >= 11 is 5.87. The van der Waals surface area contributed by atoms with Crippen LogP contribution in [0.1, 0.15) is 36.3 Å². The highest BCUT2D eigenvalue weighted by Gasteiger charge is 2.16. The van der Waals surface area contributed by atoms with Crippen LogP contribution in [-0.2, 0) is 13.5 Å². The second kappa shape index (κ2) is 7.05. The van der Waals surface area contributed by atoms with Crippen molar-refractivity contribution in [1.82, 2.24) is 15.1 Å². The van der Waals surface area contributed by atoms with Crippen molar-refractivity contribution in [3.63, 3.8) is 0 Å². The summed E-state index contributed by atoms with van der Waals surface area (Å²) in [6.07, 6.45) is 1.80. The van der Waals surface area contributed by atoms with E-state index in [0.29, 0.717) is 0 Å². The predicted octanol–water partition coefficient (Wildman–Crippen LogP) is 3.80. The van der Waals surface area contributed by atoms with Gasteiger partial charge in [-0.25, -0.2) is 4.39 Å². The first-order valence-electron chi connectivity index (χ1n) is 7.19. The van der Waals surface area contributed by atoms with Crippen LogP contribution in [0, 0.1) is 12.7 Å². The zero-order valence-electron chi connectivity index (χ0n) is 12.7. The lowest BCUT2D eigenvalue weighted by atomic mass is 10.0. The predicted molar refractivity (Wildman–Crippen MR) is 84.1 cm³/mol. The van der Waals surface area contributed by atoms with Crippen molar-refractivity contribution < 1.29 is 4.39 Å². The molecule has 5 heteroatoms. The maximum atomic E-state index is 13.3. The van der Waals surface area contributed by atoms with Gasteiger partial charge >= 0.3 is 0 Å². The Balaban J connectivity index is 2.23. The Kier molecular flexibility index (Phi) is 5.37. The summed E-state index contributed by atoms with van der Waals surface area (Å²) in [4.78, 5) is 0. The van der Waals surface area contributed by atoms with Crippen molar-refractivity contribution in [3.8, 4) is 0 Å². The molecule has 0 radical (unpaired) electrons. The van der Waals surface area contributed by atoms with Crippen molar-refractivity contribution in [1.29, 1.82) is 0 Å². The van der Waals surface area contributed by atoms with Crippen LogP contribution in [-0.4, -0.2) is 16.3 Å². The van der Waals surface area contributed by atoms with E-state index in [2.05, 4.69) is 23.4 Å². The van der Waals surface area contributed by atoms with Crippen LogP contribution >= 0.6 is 11.6 Å². The molecule has 114 valence electrons. The summed E-state index contributed by atoms with van der Waals surface area (Å²) in [6, 6.07) is 7.12. The number of hydrogen-bond acceptors (Lipinski definition) is 2. The molecule has 0 amide bonds. The van der Waals surface area contributed by atoms with Crippen LogP contribution in [0.15, 0.2) is 24.3 Å². The van der Waals surface area contributed by atoms with Crippen LogP contribution in [0.5, 0.6) is 0 Å². The molecule has 0 aliphatic carbocycles. The summed E-state index contributed by atoms with van der Waals surface area (Å²) in [5.41, 5.74) is 3.13. The Bertz CT molecular complexity index is 610. The van der Waals surface area contributed by atoms with Gasteiger partial charge in [-0.3, -0.25) is 4.68 Å². The molecule has 0 fully saturated rings. The third-order valence-corrected chi connectivity index (χ3v) is 3.75. The van der Waals surface area contributed by atoms with Gasteiger partial charge in [0.15, 0.2) is 0 Å². The average Bonchev–Trinajstić information content (AvgIpc) is 2.77. The highest BCUT2D eigenvalue weighted by atomic mass is 35.5. The molecule has 1 unspecified atom stereocenters. The van der Waals surface area contributed by atoms with Crippen LogP contribution in [0.3, 0.4) is 0 Å². The molecule has 0 saturated carbocycles. The number of nitrogens with one attached hydrogen (secondary N) is 1. The minimum Gasteiger partial charge on any atom is -0.308 e. The Morgan fingerprint density at radius 1 is 1.38 bits per heavy atom. The first kappa shape index (κ1) is 16.0. The molecule has 2 rings (SSSR count). The van der Waals surface area contributed by atoms with E-state index in [-0.39, 0.29) is 16.9 Å². The third kappa shape index (κ3) is 4.05. The van der Waals surface area contributed by atoms with E-state index < -0.39 is 0 Å². The average molecular weight is 310 g/mol. The van der Waals surface area contributed by atoms with E-state index in [1.165, 1.54) is 6.07 Å². The number of benzene rings is 1. The molecule has 0 aliphatic rings. The standard InChI is InChI=1S/C16H21ClFN3/c1-4-7-19-15(16-8-11(2)20-21(16)3)10-12-5-6-14(18)13(17)9-12/h5-6,8-9,15,19H,4,7,10H2,1-3H3. The van der Waals surface area contributed by atoms with Crippen molar-refractivity contribution in [3.05, 3.63) is 52.1 Å². The SMILES string of the molecule is CCCNC(Cc1ccc(F)c(Cl)c1)c1cc(C)nn1C. The molecule has 1 aromatic heterocycles. The molecular weight excluding hydrogens is 289 g/mol. The van der Waals surface area contributed by atoms with Gasteiger partial charge in [-0.1, -0.05) is 24.6 Å². The second-order valence-corrected chi connectivity index (χ2v) is 5.70. The van der Waals surface area contributed by atoms with E-state index in [0.717, 1.165) is 36.3 Å². The zero-order chi connectivity index (χ0) is 15.4. The number of aromatic nitrogens is 2. The highest BCUT2D eigenvalue weighted by molar-refractivity contribution is 6.30. The summed E-state index contributed by atoms with van der Waals surface area (Å²) < 4.78 is 15.2. The van der Waals surface area contributed by atoms with Gasteiger partial charge in [0.25, 0.3) is 0 Å². The van der Waals surface area contributed by atoms with Gasteiger partial charge in [0.1, 0.15) is 5.82 Å². The molecule has 1 N–H and O–H groups in total. The summed E-state index contributed by atoms with van der Waals surface area (Å²) in [5, 5.41) is 8.10. The summed E-state index contributed by atoms with van der Waals surface area (Å²) in [6.45, 7) is 5.03. The molecule has 2 aromatic rings. The van der Waals surface area contributed by atoms with Crippen LogP contribution in [0.4, 0.5) is 4.39 Å². The molecular formula is C16H21ClFN3. The third-order valence-electron chi connectivity index (χ3n) is 3.46. The monoisotopic (exact) mass is 309 g/mol. The molecule has 1 atom stereocenters. The smallest absolute Gasteiger partial charge is 0.141 e. The van der Waals surface area contributed by atoms with Gasteiger partial charge in [-0.2, -0.15) is 5.10 Å². The van der Waals surface area contributed by atoms with Gasteiger partial charge in [-0.05, 0) is 50.1 Å². The number of nitrogens with zero attached hydrogens (tertiary/aromatic N) is 2. The van der Waals surface area contributed by atoms with Gasteiger partial charge in [-0.15, -0.1) is 0 Å². The van der Waals surface area contributed by atoms with Crippen LogP contribution in [0.2, 0.25) is 5.02 Å². The Morgan fingerprint density at radius 3 is 2.71 bits per heavy atom. The summed E-state index contributed by atoms with van der Waals surface area (Å²) in [7, 11) is 1.95. The van der Waals surface area contributed by atoms with Gasteiger partial charge in [0.05, 0.1) is 22.5 Å². The van der Waals surface area contributed by atoms with Gasteiger partial charge in [0, 0.05) is 7.05 Å². The lowest BCUT2D eigenvalue weighted by Crippen LogP contribution is -2.26. The minimum absolute atomic E-state index is 0.137. The van der Waals surface area contributed by atoms with E-state index >= 15 is 0 Å². The number of halogens is 2. The van der Waals surface area contributed by atoms with E-state index in [4.69, 9.17) is 11.6 Å². The maximum Gasteiger partial charge on any atom is 0.141 e. The highest BCUT2D eigenvalue weighted by Crippen LogP contribution is 2.22. The fraction of sp³-hybridized carbons (Fsp3) is 0.438. The Hall–Kier alpha value is -1.39. The molecule has 3 nitrogen and oxygen atoms in total. The minimum atomic E-state index is -0.380. The fourth-order valence-corrected chi connectivity index (χ4v) is 2.66. The van der Waals surface area contributed by atoms with E-state index in [9.17, 15) is 4.39 Å². The van der Waals surface area contributed by atoms with Crippen LogP contribution < -0.4 is 5.32 Å². The molecule has 1 heterocycles. The fourth-order valence-electron chi connectivity index (χ4n) is 2.46. The van der Waals surface area contributed by atoms with Crippen molar-refractivity contribution in [2.45, 2.75) is 32.7 Å². The lowest BCUT2D eigenvalue weighted by molar-refractivity contribution is 0.493. The van der Waals surface area contributed by atoms with Crippen LogP contribution in [0.25, 0.3) is 0 Å². The van der Waals surface area contributed by atoms with Crippen molar-refractivity contribution >= 4 is 11.6 Å². The van der Waals surface area contributed by atoms with Gasteiger partial charge < -0.3 is 5.32 Å². The molecule has 0 aliphatic heterocycles. The van der Waals surface area contributed by atoms with Gasteiger partial charge in [0.2, 0.25) is 0 Å². The lowest BCUT2D eigenvalue weighted by Gasteiger charge is -2.19.